The fourth-order valence-corrected chi connectivity index (χ4v) is 2.36. The summed E-state index contributed by atoms with van der Waals surface area (Å²) < 4.78 is 13.9. The van der Waals surface area contributed by atoms with Crippen molar-refractivity contribution in [2.75, 3.05) is 18.0 Å². The Bertz CT molecular complexity index is 406. The van der Waals surface area contributed by atoms with E-state index in [0.717, 1.165) is 24.9 Å². The van der Waals surface area contributed by atoms with Gasteiger partial charge in [0.25, 0.3) is 0 Å². The van der Waals surface area contributed by atoms with Crippen molar-refractivity contribution in [3.05, 3.63) is 29.6 Å². The number of piperidine rings is 1. The maximum absolute atomic E-state index is 13.9. The molecule has 4 heteroatoms. The molecular weight excluding hydrogens is 219 g/mol. The largest absolute Gasteiger partial charge is 0.388 e. The molecule has 0 saturated carbocycles. The van der Waals surface area contributed by atoms with Crippen LogP contribution in [0.1, 0.15) is 25.3 Å². The summed E-state index contributed by atoms with van der Waals surface area (Å²) in [7, 11) is 0. The second kappa shape index (κ2) is 4.63. The molecule has 17 heavy (non-hydrogen) atoms. The van der Waals surface area contributed by atoms with Gasteiger partial charge in [-0.15, -0.1) is 0 Å². The van der Waals surface area contributed by atoms with Crippen molar-refractivity contribution in [1.29, 1.82) is 0 Å². The molecule has 94 valence electrons. The van der Waals surface area contributed by atoms with Gasteiger partial charge in [-0.2, -0.15) is 0 Å². The Labute approximate surface area is 101 Å². The van der Waals surface area contributed by atoms with Crippen LogP contribution in [-0.4, -0.2) is 23.8 Å². The number of anilines is 1. The number of hydrogen-bond donors (Lipinski definition) is 2. The van der Waals surface area contributed by atoms with Crippen molar-refractivity contribution in [1.82, 2.24) is 0 Å². The first kappa shape index (κ1) is 12.3. The highest BCUT2D eigenvalue weighted by Gasteiger charge is 2.29. The molecule has 0 bridgehead atoms. The molecule has 0 radical (unpaired) electrons. The Morgan fingerprint density at radius 1 is 1.53 bits per heavy atom. The average Bonchev–Trinajstić information content (AvgIpc) is 2.27. The number of hydrogen-bond acceptors (Lipinski definition) is 3. The lowest BCUT2D eigenvalue weighted by molar-refractivity contribution is 0.0447. The van der Waals surface area contributed by atoms with E-state index in [1.807, 2.05) is 11.0 Å². The van der Waals surface area contributed by atoms with E-state index in [-0.39, 0.29) is 5.82 Å². The molecule has 1 aliphatic heterocycles. The number of rotatable bonds is 2. The molecule has 1 unspecified atom stereocenters. The van der Waals surface area contributed by atoms with Crippen LogP contribution >= 0.6 is 0 Å². The van der Waals surface area contributed by atoms with E-state index in [2.05, 4.69) is 0 Å². The number of benzene rings is 1. The van der Waals surface area contributed by atoms with E-state index >= 15 is 0 Å². The summed E-state index contributed by atoms with van der Waals surface area (Å²) >= 11 is 0. The number of β-amino-alcohol motifs (C(OH)–C–C–N with tert-alkyl or cyclic N) is 1. The minimum Gasteiger partial charge on any atom is -0.388 e. The van der Waals surface area contributed by atoms with Gasteiger partial charge in [-0.3, -0.25) is 0 Å². The monoisotopic (exact) mass is 238 g/mol. The van der Waals surface area contributed by atoms with Crippen LogP contribution in [-0.2, 0) is 6.54 Å². The fourth-order valence-electron chi connectivity index (χ4n) is 2.36. The van der Waals surface area contributed by atoms with E-state index in [1.54, 1.807) is 13.0 Å². The maximum atomic E-state index is 13.9. The first-order valence-corrected chi connectivity index (χ1v) is 5.98. The third kappa shape index (κ3) is 2.76. The fraction of sp³-hybridized carbons (Fsp3) is 0.538. The molecule has 1 aromatic rings. The molecule has 0 amide bonds. The van der Waals surface area contributed by atoms with Gasteiger partial charge in [0.1, 0.15) is 5.82 Å². The van der Waals surface area contributed by atoms with E-state index in [4.69, 9.17) is 5.73 Å². The van der Waals surface area contributed by atoms with Crippen molar-refractivity contribution in [3.63, 3.8) is 0 Å². The quantitative estimate of drug-likeness (QED) is 0.823. The molecule has 1 aliphatic rings. The van der Waals surface area contributed by atoms with Gasteiger partial charge >= 0.3 is 0 Å². The van der Waals surface area contributed by atoms with E-state index in [0.29, 0.717) is 18.8 Å². The Morgan fingerprint density at radius 3 is 2.88 bits per heavy atom. The smallest absolute Gasteiger partial charge is 0.146 e. The second-order valence-electron chi connectivity index (χ2n) is 5.01. The number of aliphatic hydroxyl groups is 1. The van der Waals surface area contributed by atoms with Crippen LogP contribution < -0.4 is 10.6 Å². The van der Waals surface area contributed by atoms with Crippen LogP contribution in [0.4, 0.5) is 10.1 Å². The maximum Gasteiger partial charge on any atom is 0.146 e. The summed E-state index contributed by atoms with van der Waals surface area (Å²) in [5.41, 5.74) is 6.09. The van der Waals surface area contributed by atoms with Gasteiger partial charge in [-0.05, 0) is 37.5 Å². The number of nitrogens with two attached hydrogens (primary N) is 1. The van der Waals surface area contributed by atoms with Gasteiger partial charge in [0.05, 0.1) is 11.3 Å². The molecule has 1 heterocycles. The van der Waals surface area contributed by atoms with Gasteiger partial charge in [0.15, 0.2) is 0 Å². The molecule has 1 fully saturated rings. The molecule has 0 aliphatic carbocycles. The lowest BCUT2D eigenvalue weighted by Gasteiger charge is -2.38. The van der Waals surface area contributed by atoms with Gasteiger partial charge in [0, 0.05) is 19.6 Å². The topological polar surface area (TPSA) is 49.5 Å². The zero-order valence-corrected chi connectivity index (χ0v) is 10.1. The normalized spacial score (nSPS) is 25.1. The lowest BCUT2D eigenvalue weighted by Crippen LogP contribution is -2.46. The van der Waals surface area contributed by atoms with Gasteiger partial charge in [-0.1, -0.05) is 6.07 Å². The summed E-state index contributed by atoms with van der Waals surface area (Å²) in [6.45, 7) is 3.40. The van der Waals surface area contributed by atoms with Crippen molar-refractivity contribution in [2.45, 2.75) is 31.9 Å². The summed E-state index contributed by atoms with van der Waals surface area (Å²) in [6, 6.07) is 5.05. The summed E-state index contributed by atoms with van der Waals surface area (Å²) in [4.78, 5) is 1.90. The summed E-state index contributed by atoms with van der Waals surface area (Å²) in [5, 5.41) is 10.0. The Morgan fingerprint density at radius 2 is 2.29 bits per heavy atom. The van der Waals surface area contributed by atoms with E-state index < -0.39 is 5.60 Å². The van der Waals surface area contributed by atoms with Crippen LogP contribution in [0.25, 0.3) is 0 Å². The number of halogens is 1. The Hall–Kier alpha value is -1.13. The molecular formula is C13H19FN2O. The predicted octanol–water partition coefficient (Wildman–Crippen LogP) is 1.64. The average molecular weight is 238 g/mol. The lowest BCUT2D eigenvalue weighted by atomic mass is 9.94. The van der Waals surface area contributed by atoms with Crippen molar-refractivity contribution >= 4 is 5.69 Å². The van der Waals surface area contributed by atoms with Crippen LogP contribution in [0.2, 0.25) is 0 Å². The molecule has 3 N–H and O–H groups in total. The van der Waals surface area contributed by atoms with Gasteiger partial charge < -0.3 is 15.7 Å². The molecule has 3 nitrogen and oxygen atoms in total. The second-order valence-corrected chi connectivity index (χ2v) is 5.01. The van der Waals surface area contributed by atoms with Crippen LogP contribution in [0.5, 0.6) is 0 Å². The van der Waals surface area contributed by atoms with Crippen LogP contribution in [0.15, 0.2) is 18.2 Å². The van der Waals surface area contributed by atoms with Crippen molar-refractivity contribution in [3.8, 4) is 0 Å². The third-order valence-corrected chi connectivity index (χ3v) is 3.26. The first-order chi connectivity index (χ1) is 8.02. The highest BCUT2D eigenvalue weighted by atomic mass is 19.1. The SMILES string of the molecule is CC1(O)CCCN(c2ccc(CN)cc2F)C1. The minimum atomic E-state index is -0.725. The zero-order chi connectivity index (χ0) is 12.5. The third-order valence-electron chi connectivity index (χ3n) is 3.26. The molecule has 1 aromatic carbocycles. The van der Waals surface area contributed by atoms with Crippen LogP contribution in [0, 0.1) is 5.82 Å². The van der Waals surface area contributed by atoms with E-state index in [9.17, 15) is 9.50 Å². The Balaban J connectivity index is 2.22. The minimum absolute atomic E-state index is 0.259. The first-order valence-electron chi connectivity index (χ1n) is 5.98. The molecule has 2 rings (SSSR count). The number of nitrogens with zero attached hydrogens (tertiary/aromatic N) is 1. The molecule has 0 spiro atoms. The van der Waals surface area contributed by atoms with Crippen molar-refractivity contribution < 1.29 is 9.50 Å². The highest BCUT2D eigenvalue weighted by Crippen LogP contribution is 2.28. The van der Waals surface area contributed by atoms with Gasteiger partial charge in [0.2, 0.25) is 0 Å². The predicted molar refractivity (Wildman–Crippen MR) is 66.4 cm³/mol. The highest BCUT2D eigenvalue weighted by molar-refractivity contribution is 5.50. The molecule has 1 saturated heterocycles. The van der Waals surface area contributed by atoms with Crippen molar-refractivity contribution in [2.24, 2.45) is 5.73 Å². The summed E-state index contributed by atoms with van der Waals surface area (Å²) in [6.07, 6.45) is 1.65. The molecule has 1 atom stereocenters. The van der Waals surface area contributed by atoms with Crippen LogP contribution in [0.3, 0.4) is 0 Å². The van der Waals surface area contributed by atoms with Gasteiger partial charge in [-0.25, -0.2) is 4.39 Å². The zero-order valence-electron chi connectivity index (χ0n) is 10.1. The standard InChI is InChI=1S/C13H19FN2O/c1-13(17)5-2-6-16(9-13)12-4-3-10(8-15)7-11(12)14/h3-4,7,17H,2,5-6,8-9,15H2,1H3. The summed E-state index contributed by atoms with van der Waals surface area (Å²) in [5.74, 6) is -0.259. The Kier molecular flexibility index (Phi) is 3.35. The molecule has 0 aromatic heterocycles. The van der Waals surface area contributed by atoms with E-state index in [1.165, 1.54) is 6.07 Å².